The number of nitrogens with zero attached hydrogens (tertiary/aromatic N) is 2. The van der Waals surface area contributed by atoms with Crippen LogP contribution < -0.4 is 25.0 Å². The van der Waals surface area contributed by atoms with Crippen molar-refractivity contribution in [1.29, 1.82) is 0 Å². The summed E-state index contributed by atoms with van der Waals surface area (Å²) < 4.78 is 23.5. The number of benzene rings is 2. The molecule has 0 saturated carbocycles. The molecule has 0 atom stereocenters. The smallest absolute Gasteiger partial charge is 0.251 e. The number of nitrogens with one attached hydrogen (secondary N) is 2. The summed E-state index contributed by atoms with van der Waals surface area (Å²) in [5.74, 6) is 0.319. The molecule has 1 fully saturated rings. The summed E-state index contributed by atoms with van der Waals surface area (Å²) in [6, 6.07) is 11.4. The Kier molecular flexibility index (Phi) is 6.51. The van der Waals surface area contributed by atoms with Gasteiger partial charge in [0, 0.05) is 50.5 Å². The third-order valence-corrected chi connectivity index (χ3v) is 5.36. The molecule has 164 valence electrons. The van der Waals surface area contributed by atoms with Gasteiger partial charge in [-0.05, 0) is 42.5 Å². The van der Waals surface area contributed by atoms with Gasteiger partial charge in [-0.2, -0.15) is 0 Å². The largest absolute Gasteiger partial charge is 0.454 e. The van der Waals surface area contributed by atoms with Crippen LogP contribution in [-0.2, 0) is 4.79 Å². The van der Waals surface area contributed by atoms with Crippen LogP contribution in [0, 0.1) is 5.82 Å². The van der Waals surface area contributed by atoms with Crippen molar-refractivity contribution in [2.24, 2.45) is 0 Å². The topological polar surface area (TPSA) is 83.1 Å². The number of carbonyl (C=O) groups excluding carboxylic acids is 2. The van der Waals surface area contributed by atoms with E-state index in [0.717, 1.165) is 38.4 Å². The van der Waals surface area contributed by atoms with Gasteiger partial charge < -0.3 is 25.0 Å². The number of carbonyl (C=O) groups is 2. The Hall–Kier alpha value is -3.33. The quantitative estimate of drug-likeness (QED) is 0.690. The highest BCUT2D eigenvalue weighted by Crippen LogP contribution is 2.32. The Morgan fingerprint density at radius 1 is 0.935 bits per heavy atom. The number of rotatable bonds is 7. The summed E-state index contributed by atoms with van der Waals surface area (Å²) in [7, 11) is 0. The first-order valence-corrected chi connectivity index (χ1v) is 10.3. The first-order chi connectivity index (χ1) is 15.1. The molecule has 0 bridgehead atoms. The zero-order valence-corrected chi connectivity index (χ0v) is 17.1. The van der Waals surface area contributed by atoms with Crippen molar-refractivity contribution in [3.63, 3.8) is 0 Å². The van der Waals surface area contributed by atoms with Crippen LogP contribution in [0.2, 0.25) is 0 Å². The minimum absolute atomic E-state index is 0.0916. The number of amides is 2. The zero-order valence-electron chi connectivity index (χ0n) is 17.1. The number of hydrogen-bond acceptors (Lipinski definition) is 6. The van der Waals surface area contributed by atoms with E-state index in [0.29, 0.717) is 23.6 Å². The molecule has 31 heavy (non-hydrogen) atoms. The highest BCUT2D eigenvalue weighted by Gasteiger charge is 2.18. The predicted molar refractivity (Wildman–Crippen MR) is 113 cm³/mol. The third kappa shape index (κ3) is 5.43. The molecule has 0 unspecified atom stereocenters. The number of anilines is 1. The highest BCUT2D eigenvalue weighted by atomic mass is 19.1. The van der Waals surface area contributed by atoms with Gasteiger partial charge in [0.25, 0.3) is 5.91 Å². The second-order valence-electron chi connectivity index (χ2n) is 7.41. The van der Waals surface area contributed by atoms with Gasteiger partial charge in [0.2, 0.25) is 12.7 Å². The van der Waals surface area contributed by atoms with Gasteiger partial charge in [-0.15, -0.1) is 0 Å². The Bertz CT molecular complexity index is 930. The average Bonchev–Trinajstić information content (AvgIpc) is 3.26. The number of fused-ring (bicyclic) bond motifs is 1. The van der Waals surface area contributed by atoms with E-state index in [-0.39, 0.29) is 31.0 Å². The summed E-state index contributed by atoms with van der Waals surface area (Å²) in [6.45, 7) is 4.74. The minimum Gasteiger partial charge on any atom is -0.454 e. The van der Waals surface area contributed by atoms with Gasteiger partial charge in [-0.1, -0.05) is 0 Å². The Labute approximate surface area is 179 Å². The maximum Gasteiger partial charge on any atom is 0.251 e. The molecule has 2 heterocycles. The van der Waals surface area contributed by atoms with E-state index in [2.05, 4.69) is 20.4 Å². The number of ether oxygens (including phenoxy) is 2. The van der Waals surface area contributed by atoms with Gasteiger partial charge in [0.15, 0.2) is 11.5 Å². The molecule has 2 aromatic rings. The van der Waals surface area contributed by atoms with Crippen LogP contribution in [-0.4, -0.2) is 69.3 Å². The Morgan fingerprint density at radius 3 is 2.45 bits per heavy atom. The number of hydrogen-bond donors (Lipinski definition) is 2. The molecule has 2 aliphatic rings. The maximum atomic E-state index is 13.1. The lowest BCUT2D eigenvalue weighted by Crippen LogP contribution is -2.49. The monoisotopic (exact) mass is 428 g/mol. The third-order valence-electron chi connectivity index (χ3n) is 5.36. The predicted octanol–water partition coefficient (Wildman–Crippen LogP) is 1.22. The summed E-state index contributed by atoms with van der Waals surface area (Å²) in [4.78, 5) is 28.8. The van der Waals surface area contributed by atoms with E-state index < -0.39 is 0 Å². The maximum absolute atomic E-state index is 13.1. The van der Waals surface area contributed by atoms with Crippen molar-refractivity contribution < 1.29 is 23.5 Å². The SMILES string of the molecule is O=C(CNC(=O)c1ccc2c(c1)OCO2)NCCN1CCN(c2ccc(F)cc2)CC1. The fraction of sp³-hybridized carbons (Fsp3) is 0.364. The molecule has 2 N–H and O–H groups in total. The molecule has 2 aromatic carbocycles. The molecule has 2 aliphatic heterocycles. The van der Waals surface area contributed by atoms with E-state index in [1.54, 1.807) is 30.3 Å². The van der Waals surface area contributed by atoms with Gasteiger partial charge >= 0.3 is 0 Å². The molecule has 1 saturated heterocycles. The van der Waals surface area contributed by atoms with Crippen molar-refractivity contribution in [2.45, 2.75) is 0 Å². The molecule has 0 radical (unpaired) electrons. The van der Waals surface area contributed by atoms with Crippen LogP contribution in [0.1, 0.15) is 10.4 Å². The summed E-state index contributed by atoms with van der Waals surface area (Å²) >= 11 is 0. The number of piperazine rings is 1. The molecule has 9 heteroatoms. The van der Waals surface area contributed by atoms with Crippen LogP contribution in [0.5, 0.6) is 11.5 Å². The van der Waals surface area contributed by atoms with E-state index in [1.165, 1.54) is 12.1 Å². The van der Waals surface area contributed by atoms with Crippen LogP contribution in [0.4, 0.5) is 10.1 Å². The summed E-state index contributed by atoms with van der Waals surface area (Å²) in [6.07, 6.45) is 0. The summed E-state index contributed by atoms with van der Waals surface area (Å²) in [5.41, 5.74) is 1.43. The Morgan fingerprint density at radius 2 is 1.68 bits per heavy atom. The van der Waals surface area contributed by atoms with Gasteiger partial charge in [0.1, 0.15) is 5.82 Å². The van der Waals surface area contributed by atoms with Crippen LogP contribution in [0.25, 0.3) is 0 Å². The van der Waals surface area contributed by atoms with Crippen molar-refractivity contribution >= 4 is 17.5 Å². The van der Waals surface area contributed by atoms with Crippen LogP contribution >= 0.6 is 0 Å². The van der Waals surface area contributed by atoms with Gasteiger partial charge in [-0.3, -0.25) is 14.5 Å². The molecular formula is C22H25FN4O4. The number of halogens is 1. The summed E-state index contributed by atoms with van der Waals surface area (Å²) in [5, 5.41) is 5.44. The highest BCUT2D eigenvalue weighted by molar-refractivity contribution is 5.97. The van der Waals surface area contributed by atoms with E-state index in [9.17, 15) is 14.0 Å². The van der Waals surface area contributed by atoms with Crippen molar-refractivity contribution in [3.05, 3.63) is 53.8 Å². The first kappa shape index (κ1) is 20.9. The van der Waals surface area contributed by atoms with E-state index in [4.69, 9.17) is 9.47 Å². The molecule has 8 nitrogen and oxygen atoms in total. The average molecular weight is 428 g/mol. The van der Waals surface area contributed by atoms with E-state index in [1.807, 2.05) is 0 Å². The lowest BCUT2D eigenvalue weighted by Gasteiger charge is -2.36. The fourth-order valence-electron chi connectivity index (χ4n) is 3.60. The molecule has 0 aliphatic carbocycles. The molecule has 4 rings (SSSR count). The second-order valence-corrected chi connectivity index (χ2v) is 7.41. The van der Waals surface area contributed by atoms with Crippen LogP contribution in [0.3, 0.4) is 0 Å². The first-order valence-electron chi connectivity index (χ1n) is 10.3. The zero-order chi connectivity index (χ0) is 21.6. The van der Waals surface area contributed by atoms with Crippen molar-refractivity contribution in [2.75, 3.05) is 57.5 Å². The lowest BCUT2D eigenvalue weighted by atomic mass is 10.2. The molecule has 2 amide bonds. The molecular weight excluding hydrogens is 403 g/mol. The molecule has 0 aromatic heterocycles. The fourth-order valence-corrected chi connectivity index (χ4v) is 3.60. The van der Waals surface area contributed by atoms with Gasteiger partial charge in [0.05, 0.1) is 6.54 Å². The molecule has 0 spiro atoms. The van der Waals surface area contributed by atoms with Crippen LogP contribution in [0.15, 0.2) is 42.5 Å². The Balaban J connectivity index is 1.12. The van der Waals surface area contributed by atoms with Crippen molar-refractivity contribution in [3.8, 4) is 11.5 Å². The standard InChI is InChI=1S/C22H25FN4O4/c23-17-2-4-18(5-3-17)27-11-9-26(10-12-27)8-7-24-21(28)14-25-22(29)16-1-6-19-20(13-16)31-15-30-19/h1-6,13H,7-12,14-15H2,(H,24,28)(H,25,29). The minimum atomic E-state index is -0.342. The van der Waals surface area contributed by atoms with E-state index >= 15 is 0 Å². The lowest BCUT2D eigenvalue weighted by molar-refractivity contribution is -0.120. The van der Waals surface area contributed by atoms with Gasteiger partial charge in [-0.25, -0.2) is 4.39 Å². The normalized spacial score (nSPS) is 15.6. The second kappa shape index (κ2) is 9.65. The van der Waals surface area contributed by atoms with Crippen molar-refractivity contribution in [1.82, 2.24) is 15.5 Å².